The highest BCUT2D eigenvalue weighted by Gasteiger charge is 2.20. The topological polar surface area (TPSA) is 148 Å². The number of primary amides is 1. The van der Waals surface area contributed by atoms with Crippen molar-refractivity contribution >= 4 is 23.9 Å². The van der Waals surface area contributed by atoms with Crippen LogP contribution in [0.15, 0.2) is 0 Å². The van der Waals surface area contributed by atoms with Crippen molar-refractivity contribution in [2.45, 2.75) is 25.3 Å². The van der Waals surface area contributed by atoms with Gasteiger partial charge in [-0.15, -0.1) is 0 Å². The number of nitrogens with two attached hydrogens (primary N) is 1. The highest BCUT2D eigenvalue weighted by Crippen LogP contribution is 1.97. The van der Waals surface area contributed by atoms with Gasteiger partial charge in [-0.1, -0.05) is 0 Å². The number of hydrogen-bond donors (Lipinski definition) is 4. The van der Waals surface area contributed by atoms with Crippen molar-refractivity contribution in [1.82, 2.24) is 10.6 Å². The molecule has 0 unspecified atom stereocenters. The minimum Gasteiger partial charge on any atom is -0.480 e. The summed E-state index contributed by atoms with van der Waals surface area (Å²) in [6.45, 7) is 0.0145. The van der Waals surface area contributed by atoms with Gasteiger partial charge in [0.25, 0.3) is 0 Å². The van der Waals surface area contributed by atoms with E-state index in [0.717, 1.165) is 0 Å². The summed E-state index contributed by atoms with van der Waals surface area (Å²) in [5, 5.41) is 13.3. The molecule has 0 saturated carbocycles. The van der Waals surface area contributed by atoms with Gasteiger partial charge in [0.1, 0.15) is 6.04 Å². The molecule has 1 atom stereocenters. The summed E-state index contributed by atoms with van der Waals surface area (Å²) < 4.78 is 4.36. The molecule has 19 heavy (non-hydrogen) atoms. The summed E-state index contributed by atoms with van der Waals surface area (Å²) in [5.41, 5.74) is 4.89. The number of carboxylic acids is 1. The Hall–Kier alpha value is -2.32. The number of carboxylic acid groups (broad SMARTS) is 1. The van der Waals surface area contributed by atoms with Crippen molar-refractivity contribution in [2.75, 3.05) is 13.7 Å². The molecule has 9 heteroatoms. The first-order chi connectivity index (χ1) is 8.86. The van der Waals surface area contributed by atoms with Gasteiger partial charge in [-0.25, -0.2) is 9.59 Å². The monoisotopic (exact) mass is 275 g/mol. The van der Waals surface area contributed by atoms with Gasteiger partial charge >= 0.3 is 18.0 Å². The number of hydrogen-bond acceptors (Lipinski definition) is 5. The van der Waals surface area contributed by atoms with Crippen LogP contribution < -0.4 is 16.4 Å². The summed E-state index contributed by atoms with van der Waals surface area (Å²) in [5.74, 6) is -2.42. The van der Waals surface area contributed by atoms with E-state index in [0.29, 0.717) is 0 Å². The lowest BCUT2D eigenvalue weighted by molar-refractivity contribution is -0.141. The summed E-state index contributed by atoms with van der Waals surface area (Å²) in [7, 11) is 1.21. The lowest BCUT2D eigenvalue weighted by Gasteiger charge is -2.14. The van der Waals surface area contributed by atoms with E-state index in [1.807, 2.05) is 0 Å². The number of urea groups is 1. The van der Waals surface area contributed by atoms with Crippen LogP contribution in [0.5, 0.6) is 0 Å². The predicted molar refractivity (Wildman–Crippen MR) is 63.0 cm³/mol. The maximum atomic E-state index is 11.3. The van der Waals surface area contributed by atoms with Crippen LogP contribution in [-0.2, 0) is 19.1 Å². The normalized spacial score (nSPS) is 11.2. The Labute approximate surface area is 109 Å². The third-order valence-corrected chi connectivity index (χ3v) is 2.13. The van der Waals surface area contributed by atoms with E-state index in [1.54, 1.807) is 0 Å². The maximum absolute atomic E-state index is 11.3. The van der Waals surface area contributed by atoms with Crippen LogP contribution in [0.1, 0.15) is 19.3 Å². The molecule has 0 spiro atoms. The van der Waals surface area contributed by atoms with E-state index < -0.39 is 29.9 Å². The van der Waals surface area contributed by atoms with Crippen LogP contribution in [0.25, 0.3) is 0 Å². The number of carbonyl (C=O) groups excluding carboxylic acids is 3. The van der Waals surface area contributed by atoms with Crippen molar-refractivity contribution in [1.29, 1.82) is 0 Å². The second-order valence-electron chi connectivity index (χ2n) is 3.62. The largest absolute Gasteiger partial charge is 0.480 e. The average Bonchev–Trinajstić information content (AvgIpc) is 2.33. The summed E-state index contributed by atoms with van der Waals surface area (Å²) in [6.07, 6.45) is -0.280. The number of ether oxygens (including phenoxy) is 1. The number of methoxy groups -OCH3 is 1. The molecule has 0 aromatic heterocycles. The van der Waals surface area contributed by atoms with Crippen LogP contribution in [0.3, 0.4) is 0 Å². The molecule has 9 nitrogen and oxygen atoms in total. The number of rotatable bonds is 8. The van der Waals surface area contributed by atoms with Crippen molar-refractivity contribution in [3.63, 3.8) is 0 Å². The Morgan fingerprint density at radius 2 is 1.89 bits per heavy atom. The molecule has 0 aliphatic heterocycles. The lowest BCUT2D eigenvalue weighted by Crippen LogP contribution is -2.46. The van der Waals surface area contributed by atoms with Crippen molar-refractivity contribution in [3.8, 4) is 0 Å². The Morgan fingerprint density at radius 3 is 2.37 bits per heavy atom. The lowest BCUT2D eigenvalue weighted by atomic mass is 10.1. The Kier molecular flexibility index (Phi) is 7.66. The first-order valence-electron chi connectivity index (χ1n) is 5.49. The zero-order chi connectivity index (χ0) is 14.8. The van der Waals surface area contributed by atoms with Crippen LogP contribution in [0, 0.1) is 0 Å². The van der Waals surface area contributed by atoms with E-state index >= 15 is 0 Å². The fourth-order valence-electron chi connectivity index (χ4n) is 1.13. The Morgan fingerprint density at radius 1 is 1.26 bits per heavy atom. The summed E-state index contributed by atoms with van der Waals surface area (Å²) >= 11 is 0. The molecular formula is C10H17N3O6. The zero-order valence-corrected chi connectivity index (χ0v) is 10.5. The van der Waals surface area contributed by atoms with Gasteiger partial charge in [0.2, 0.25) is 5.91 Å². The molecule has 5 N–H and O–H groups in total. The van der Waals surface area contributed by atoms with Crippen LogP contribution in [0.4, 0.5) is 4.79 Å². The molecule has 0 aromatic carbocycles. The van der Waals surface area contributed by atoms with Crippen LogP contribution in [0.2, 0.25) is 0 Å². The van der Waals surface area contributed by atoms with E-state index in [9.17, 15) is 19.2 Å². The van der Waals surface area contributed by atoms with E-state index in [-0.39, 0.29) is 25.8 Å². The number of nitrogens with one attached hydrogen (secondary N) is 2. The predicted octanol–water partition coefficient (Wildman–Crippen LogP) is -1.43. The van der Waals surface area contributed by atoms with Gasteiger partial charge < -0.3 is 26.2 Å². The average molecular weight is 275 g/mol. The van der Waals surface area contributed by atoms with Gasteiger partial charge in [0.05, 0.1) is 13.5 Å². The second kappa shape index (κ2) is 8.72. The highest BCUT2D eigenvalue weighted by atomic mass is 16.5. The standard InChI is InChI=1S/C10H17N3O6/c1-19-8(15)4-5-12-10(18)13-6(9(16)17)2-3-7(11)14/h6H,2-5H2,1H3,(H2,11,14)(H,16,17)(H2,12,13,18)/t6-/m0/s1. The SMILES string of the molecule is COC(=O)CCNC(=O)N[C@@H](CCC(N)=O)C(=O)O. The minimum absolute atomic E-state index is 0.0145. The molecule has 0 saturated heterocycles. The molecule has 0 radical (unpaired) electrons. The molecule has 0 aromatic rings. The molecule has 0 aliphatic rings. The molecular weight excluding hydrogens is 258 g/mol. The van der Waals surface area contributed by atoms with Crippen molar-refractivity contribution in [2.24, 2.45) is 5.73 Å². The van der Waals surface area contributed by atoms with Gasteiger partial charge in [0, 0.05) is 13.0 Å². The van der Waals surface area contributed by atoms with Gasteiger partial charge in [0.15, 0.2) is 0 Å². The third kappa shape index (κ3) is 8.41. The van der Waals surface area contributed by atoms with E-state index in [2.05, 4.69) is 15.4 Å². The first kappa shape index (κ1) is 16.7. The quantitative estimate of drug-likeness (QED) is 0.399. The smallest absolute Gasteiger partial charge is 0.326 e. The number of carbonyl (C=O) groups is 4. The maximum Gasteiger partial charge on any atom is 0.326 e. The highest BCUT2D eigenvalue weighted by molar-refractivity contribution is 5.83. The molecule has 3 amide bonds. The third-order valence-electron chi connectivity index (χ3n) is 2.13. The summed E-state index contributed by atoms with van der Waals surface area (Å²) in [6, 6.07) is -1.97. The molecule has 0 heterocycles. The Bertz CT molecular complexity index is 357. The number of amides is 3. The first-order valence-corrected chi connectivity index (χ1v) is 5.49. The molecule has 0 aliphatic carbocycles. The molecule has 0 fully saturated rings. The zero-order valence-electron chi connectivity index (χ0n) is 10.5. The van der Waals surface area contributed by atoms with E-state index in [4.69, 9.17) is 10.8 Å². The number of aliphatic carboxylic acids is 1. The van der Waals surface area contributed by atoms with Crippen molar-refractivity contribution < 1.29 is 29.0 Å². The molecule has 0 bridgehead atoms. The molecule has 0 rings (SSSR count). The Balaban J connectivity index is 4.06. The van der Waals surface area contributed by atoms with Crippen LogP contribution in [-0.4, -0.2) is 48.7 Å². The minimum atomic E-state index is -1.27. The van der Waals surface area contributed by atoms with Gasteiger partial charge in [-0.3, -0.25) is 9.59 Å². The van der Waals surface area contributed by atoms with Crippen LogP contribution >= 0.6 is 0 Å². The number of esters is 1. The fourth-order valence-corrected chi connectivity index (χ4v) is 1.13. The van der Waals surface area contributed by atoms with E-state index in [1.165, 1.54) is 7.11 Å². The van der Waals surface area contributed by atoms with Gasteiger partial charge in [-0.2, -0.15) is 0 Å². The summed E-state index contributed by atoms with van der Waals surface area (Å²) in [4.78, 5) is 43.4. The second-order valence-corrected chi connectivity index (χ2v) is 3.62. The molecule has 108 valence electrons. The van der Waals surface area contributed by atoms with Crippen molar-refractivity contribution in [3.05, 3.63) is 0 Å². The van der Waals surface area contributed by atoms with Gasteiger partial charge in [-0.05, 0) is 6.42 Å². The fraction of sp³-hybridized carbons (Fsp3) is 0.600.